The molecule has 1 aromatic carbocycles. The highest BCUT2D eigenvalue weighted by atomic mass is 32.2. The first-order valence-corrected chi connectivity index (χ1v) is 10.2. The molecule has 0 spiro atoms. The summed E-state index contributed by atoms with van der Waals surface area (Å²) in [6.07, 6.45) is 1.18. The molecule has 0 aliphatic carbocycles. The minimum atomic E-state index is -4.57. The van der Waals surface area contributed by atoms with E-state index in [1.807, 2.05) is 0 Å². The van der Waals surface area contributed by atoms with Gasteiger partial charge in [0.15, 0.2) is 0 Å². The van der Waals surface area contributed by atoms with Gasteiger partial charge in [0.25, 0.3) is 5.91 Å². The lowest BCUT2D eigenvalue weighted by Crippen LogP contribution is -2.27. The molecule has 0 bridgehead atoms. The van der Waals surface area contributed by atoms with Crippen LogP contribution in [0.1, 0.15) is 28.9 Å². The van der Waals surface area contributed by atoms with Crippen molar-refractivity contribution in [3.05, 3.63) is 53.7 Å². The van der Waals surface area contributed by atoms with Crippen LogP contribution in [0.3, 0.4) is 0 Å². The van der Waals surface area contributed by atoms with Gasteiger partial charge in [-0.15, -0.1) is 0 Å². The van der Waals surface area contributed by atoms with E-state index in [0.717, 1.165) is 4.31 Å². The largest absolute Gasteiger partial charge is 0.447 e. The van der Waals surface area contributed by atoms with Gasteiger partial charge < -0.3 is 5.32 Å². The standard InChI is InChI=1S/C17H18F3N3O3S2/c1-11(12-6-8-13(9-7-12)28(25,26)23(2)3)22-15(24)14-5-4-10-21-16(14)27-17(18,19)20/h4-11H,1-3H3,(H,22,24). The Morgan fingerprint density at radius 2 is 1.79 bits per heavy atom. The van der Waals surface area contributed by atoms with E-state index in [-0.39, 0.29) is 10.5 Å². The van der Waals surface area contributed by atoms with E-state index in [1.165, 1.54) is 56.7 Å². The van der Waals surface area contributed by atoms with Gasteiger partial charge in [-0.05, 0) is 36.8 Å². The molecule has 1 N–H and O–H groups in total. The zero-order valence-electron chi connectivity index (χ0n) is 15.2. The molecule has 2 aromatic rings. The van der Waals surface area contributed by atoms with E-state index in [0.29, 0.717) is 5.56 Å². The number of rotatable bonds is 6. The summed E-state index contributed by atoms with van der Waals surface area (Å²) >= 11 is -0.457. The number of amides is 1. The molecule has 1 atom stereocenters. The van der Waals surface area contributed by atoms with Gasteiger partial charge in [0.05, 0.1) is 16.5 Å². The van der Waals surface area contributed by atoms with Gasteiger partial charge in [0, 0.05) is 32.1 Å². The molecule has 0 aliphatic rings. The summed E-state index contributed by atoms with van der Waals surface area (Å²) in [6, 6.07) is 7.96. The maximum atomic E-state index is 12.6. The summed E-state index contributed by atoms with van der Waals surface area (Å²) in [5, 5.41) is 2.16. The number of sulfonamides is 1. The molecule has 6 nitrogen and oxygen atoms in total. The number of carbonyl (C=O) groups is 1. The van der Waals surface area contributed by atoms with Crippen LogP contribution in [0.4, 0.5) is 13.2 Å². The summed E-state index contributed by atoms with van der Waals surface area (Å²) in [7, 11) is -0.754. The Kier molecular flexibility index (Phi) is 6.73. The first-order chi connectivity index (χ1) is 12.9. The van der Waals surface area contributed by atoms with Crippen molar-refractivity contribution in [2.24, 2.45) is 0 Å². The average Bonchev–Trinajstić information content (AvgIpc) is 2.60. The first kappa shape index (κ1) is 22.2. The van der Waals surface area contributed by atoms with Crippen LogP contribution in [0, 0.1) is 0 Å². The number of thioether (sulfide) groups is 1. The van der Waals surface area contributed by atoms with E-state index in [2.05, 4.69) is 10.3 Å². The number of hydrogen-bond acceptors (Lipinski definition) is 5. The van der Waals surface area contributed by atoms with E-state index in [4.69, 9.17) is 0 Å². The molecule has 0 saturated carbocycles. The van der Waals surface area contributed by atoms with E-state index in [9.17, 15) is 26.4 Å². The van der Waals surface area contributed by atoms with Crippen molar-refractivity contribution in [3.8, 4) is 0 Å². The predicted octanol–water partition coefficient (Wildman–Crippen LogP) is 3.43. The monoisotopic (exact) mass is 433 g/mol. The van der Waals surface area contributed by atoms with Crippen LogP contribution in [-0.4, -0.2) is 43.2 Å². The summed E-state index contributed by atoms with van der Waals surface area (Å²) < 4.78 is 63.2. The number of alkyl halides is 3. The maximum Gasteiger partial charge on any atom is 0.447 e. The zero-order valence-corrected chi connectivity index (χ0v) is 16.8. The number of nitrogens with zero attached hydrogens (tertiary/aromatic N) is 2. The van der Waals surface area contributed by atoms with Crippen LogP contribution < -0.4 is 5.32 Å². The summed E-state index contributed by atoms with van der Waals surface area (Å²) in [6.45, 7) is 1.64. The summed E-state index contributed by atoms with van der Waals surface area (Å²) in [5.41, 5.74) is -4.16. The third kappa shape index (κ3) is 5.46. The van der Waals surface area contributed by atoms with Gasteiger partial charge in [0.2, 0.25) is 10.0 Å². The second-order valence-electron chi connectivity index (χ2n) is 5.96. The van der Waals surface area contributed by atoms with Gasteiger partial charge in [-0.1, -0.05) is 12.1 Å². The van der Waals surface area contributed by atoms with Crippen molar-refractivity contribution in [2.75, 3.05) is 14.1 Å². The summed E-state index contributed by atoms with van der Waals surface area (Å²) in [5.74, 6) is -0.711. The van der Waals surface area contributed by atoms with Crippen LogP contribution in [0.2, 0.25) is 0 Å². The third-order valence-electron chi connectivity index (χ3n) is 3.73. The predicted molar refractivity (Wildman–Crippen MR) is 99.3 cm³/mol. The molecule has 0 radical (unpaired) electrons. The number of nitrogens with one attached hydrogen (secondary N) is 1. The Labute approximate surface area is 165 Å². The molecule has 1 heterocycles. The fourth-order valence-electron chi connectivity index (χ4n) is 2.25. The summed E-state index contributed by atoms with van der Waals surface area (Å²) in [4.78, 5) is 16.1. The van der Waals surface area contributed by atoms with Crippen LogP contribution in [0.5, 0.6) is 0 Å². The minimum Gasteiger partial charge on any atom is -0.345 e. The molecule has 2 rings (SSSR count). The van der Waals surface area contributed by atoms with Crippen LogP contribution in [0.25, 0.3) is 0 Å². The van der Waals surface area contributed by atoms with Crippen molar-refractivity contribution < 1.29 is 26.4 Å². The Bertz CT molecular complexity index is 946. The molecule has 28 heavy (non-hydrogen) atoms. The normalized spacial score (nSPS) is 13.4. The smallest absolute Gasteiger partial charge is 0.345 e. The number of aromatic nitrogens is 1. The Morgan fingerprint density at radius 1 is 1.18 bits per heavy atom. The Balaban J connectivity index is 2.18. The van der Waals surface area contributed by atoms with Crippen LogP contribution in [-0.2, 0) is 10.0 Å². The van der Waals surface area contributed by atoms with Gasteiger partial charge in [-0.25, -0.2) is 17.7 Å². The molecule has 0 saturated heterocycles. The van der Waals surface area contributed by atoms with Gasteiger partial charge in [0.1, 0.15) is 5.03 Å². The lowest BCUT2D eigenvalue weighted by atomic mass is 10.1. The van der Waals surface area contributed by atoms with Gasteiger partial charge in [-0.2, -0.15) is 13.2 Å². The molecule has 11 heteroatoms. The molecule has 0 fully saturated rings. The molecule has 0 aliphatic heterocycles. The SMILES string of the molecule is CC(NC(=O)c1cccnc1SC(F)(F)F)c1ccc(S(=O)(=O)N(C)C)cc1. The van der Waals surface area contributed by atoms with Crippen molar-refractivity contribution in [1.82, 2.24) is 14.6 Å². The fourth-order valence-corrected chi connectivity index (χ4v) is 3.76. The highest BCUT2D eigenvalue weighted by Gasteiger charge is 2.32. The molecule has 1 aromatic heterocycles. The molecular weight excluding hydrogens is 415 g/mol. The quantitative estimate of drug-likeness (QED) is 0.706. The topological polar surface area (TPSA) is 79.4 Å². The van der Waals surface area contributed by atoms with E-state index < -0.39 is 44.3 Å². The highest BCUT2D eigenvalue weighted by Crippen LogP contribution is 2.37. The number of carbonyl (C=O) groups excluding carboxylic acids is 1. The Hall–Kier alpha value is -2.11. The van der Waals surface area contributed by atoms with Gasteiger partial charge >= 0.3 is 5.51 Å². The third-order valence-corrected chi connectivity index (χ3v) is 6.31. The van der Waals surface area contributed by atoms with E-state index >= 15 is 0 Å². The number of pyridine rings is 1. The van der Waals surface area contributed by atoms with Crippen molar-refractivity contribution in [2.45, 2.75) is 28.4 Å². The lowest BCUT2D eigenvalue weighted by molar-refractivity contribution is -0.0329. The van der Waals surface area contributed by atoms with Crippen LogP contribution in [0.15, 0.2) is 52.5 Å². The van der Waals surface area contributed by atoms with Crippen molar-refractivity contribution >= 4 is 27.7 Å². The molecular formula is C17H18F3N3O3S2. The van der Waals surface area contributed by atoms with Crippen molar-refractivity contribution in [3.63, 3.8) is 0 Å². The second kappa shape index (κ2) is 8.50. The number of hydrogen-bond donors (Lipinski definition) is 1. The maximum absolute atomic E-state index is 12.6. The second-order valence-corrected chi connectivity index (χ2v) is 9.16. The minimum absolute atomic E-state index is 0.0934. The van der Waals surface area contributed by atoms with E-state index in [1.54, 1.807) is 6.92 Å². The first-order valence-electron chi connectivity index (χ1n) is 7.96. The molecule has 1 amide bonds. The Morgan fingerprint density at radius 3 is 2.32 bits per heavy atom. The lowest BCUT2D eigenvalue weighted by Gasteiger charge is -2.17. The highest BCUT2D eigenvalue weighted by molar-refractivity contribution is 8.00. The van der Waals surface area contributed by atoms with Crippen molar-refractivity contribution in [1.29, 1.82) is 0 Å². The van der Waals surface area contributed by atoms with Crippen LogP contribution >= 0.6 is 11.8 Å². The number of halogens is 3. The zero-order chi connectivity index (χ0) is 21.1. The number of benzene rings is 1. The molecule has 152 valence electrons. The molecule has 1 unspecified atom stereocenters. The fraction of sp³-hybridized carbons (Fsp3) is 0.294. The average molecular weight is 433 g/mol. The van der Waals surface area contributed by atoms with Gasteiger partial charge in [-0.3, -0.25) is 4.79 Å².